The molecule has 0 spiro atoms. The predicted octanol–water partition coefficient (Wildman–Crippen LogP) is 5.61. The monoisotopic (exact) mass is 458 g/mol. The maximum Gasteiger partial charge on any atom is 0.410 e. The normalized spacial score (nSPS) is 14.5. The van der Waals surface area contributed by atoms with Crippen molar-refractivity contribution in [1.82, 2.24) is 14.5 Å². The number of hydrogen-bond donors (Lipinski definition) is 1. The number of benzene rings is 2. The SMILES string of the molecule is Cn1cncc1-c1ccc(NC2CCN(C(=O)OCc3cc(Cl)cc(Cl)c3)CC2)cc1. The number of likely N-dealkylation sites (tertiary alicyclic amines) is 1. The first kappa shape index (κ1) is 21.5. The second-order valence-electron chi connectivity index (χ2n) is 7.71. The van der Waals surface area contributed by atoms with Gasteiger partial charge in [-0.1, -0.05) is 35.3 Å². The Kier molecular flexibility index (Phi) is 6.68. The number of piperidine rings is 1. The zero-order valence-electron chi connectivity index (χ0n) is 17.2. The lowest BCUT2D eigenvalue weighted by atomic mass is 10.0. The van der Waals surface area contributed by atoms with E-state index in [1.165, 1.54) is 0 Å². The van der Waals surface area contributed by atoms with E-state index in [9.17, 15) is 4.79 Å². The van der Waals surface area contributed by atoms with E-state index in [0.29, 0.717) is 29.2 Å². The van der Waals surface area contributed by atoms with Gasteiger partial charge in [-0.15, -0.1) is 0 Å². The highest BCUT2D eigenvalue weighted by atomic mass is 35.5. The van der Waals surface area contributed by atoms with Gasteiger partial charge in [0, 0.05) is 41.9 Å². The van der Waals surface area contributed by atoms with Crippen molar-refractivity contribution in [2.45, 2.75) is 25.5 Å². The van der Waals surface area contributed by atoms with Crippen LogP contribution in [-0.4, -0.2) is 39.7 Å². The molecule has 31 heavy (non-hydrogen) atoms. The summed E-state index contributed by atoms with van der Waals surface area (Å²) in [6.07, 6.45) is 5.07. The Balaban J connectivity index is 1.25. The first-order valence-corrected chi connectivity index (χ1v) is 10.9. The van der Waals surface area contributed by atoms with Crippen molar-refractivity contribution >= 4 is 35.0 Å². The molecule has 0 radical (unpaired) electrons. The lowest BCUT2D eigenvalue weighted by Gasteiger charge is -2.32. The largest absolute Gasteiger partial charge is 0.445 e. The van der Waals surface area contributed by atoms with Gasteiger partial charge < -0.3 is 19.5 Å². The fourth-order valence-electron chi connectivity index (χ4n) is 3.75. The van der Waals surface area contributed by atoms with Gasteiger partial charge in [-0.2, -0.15) is 0 Å². The van der Waals surface area contributed by atoms with Gasteiger partial charge in [0.05, 0.1) is 18.2 Å². The van der Waals surface area contributed by atoms with Crippen molar-refractivity contribution in [2.75, 3.05) is 18.4 Å². The third-order valence-electron chi connectivity index (χ3n) is 5.41. The average Bonchev–Trinajstić information content (AvgIpc) is 3.18. The van der Waals surface area contributed by atoms with Crippen LogP contribution in [0.15, 0.2) is 55.0 Å². The van der Waals surface area contributed by atoms with E-state index in [0.717, 1.165) is 35.3 Å². The molecule has 8 heteroatoms. The van der Waals surface area contributed by atoms with Crippen molar-refractivity contribution in [2.24, 2.45) is 7.05 Å². The van der Waals surface area contributed by atoms with Gasteiger partial charge in [0.15, 0.2) is 0 Å². The third-order valence-corrected chi connectivity index (χ3v) is 5.84. The highest BCUT2D eigenvalue weighted by Crippen LogP contribution is 2.23. The number of imidazole rings is 1. The Bertz CT molecular complexity index is 1020. The Morgan fingerprint density at radius 3 is 2.42 bits per heavy atom. The van der Waals surface area contributed by atoms with Crippen molar-refractivity contribution in [3.8, 4) is 11.3 Å². The Morgan fingerprint density at radius 1 is 1.13 bits per heavy atom. The Labute approximate surface area is 191 Å². The number of carbonyl (C=O) groups excluding carboxylic acids is 1. The summed E-state index contributed by atoms with van der Waals surface area (Å²) in [6.45, 7) is 1.46. The number of halogens is 2. The van der Waals surface area contributed by atoms with Gasteiger partial charge >= 0.3 is 6.09 Å². The second kappa shape index (κ2) is 9.62. The summed E-state index contributed by atoms with van der Waals surface area (Å²) in [7, 11) is 1.98. The predicted molar refractivity (Wildman–Crippen MR) is 124 cm³/mol. The number of rotatable bonds is 5. The fraction of sp³-hybridized carbons (Fsp3) is 0.304. The first-order chi connectivity index (χ1) is 15.0. The van der Waals surface area contributed by atoms with E-state index >= 15 is 0 Å². The van der Waals surface area contributed by atoms with Gasteiger partial charge in [0.25, 0.3) is 0 Å². The molecule has 4 rings (SSSR count). The van der Waals surface area contributed by atoms with E-state index in [4.69, 9.17) is 27.9 Å². The van der Waals surface area contributed by atoms with E-state index in [1.54, 1.807) is 29.4 Å². The molecule has 3 aromatic rings. The summed E-state index contributed by atoms with van der Waals surface area (Å²) in [6, 6.07) is 13.8. The van der Waals surface area contributed by atoms with Crippen molar-refractivity contribution in [3.05, 3.63) is 70.6 Å². The number of anilines is 1. The highest BCUT2D eigenvalue weighted by Gasteiger charge is 2.23. The van der Waals surface area contributed by atoms with Crippen LogP contribution in [-0.2, 0) is 18.4 Å². The van der Waals surface area contributed by atoms with Crippen molar-refractivity contribution in [3.63, 3.8) is 0 Å². The number of amides is 1. The van der Waals surface area contributed by atoms with Crippen LogP contribution in [0, 0.1) is 0 Å². The summed E-state index contributed by atoms with van der Waals surface area (Å²) in [5.74, 6) is 0. The molecule has 0 atom stereocenters. The molecule has 0 unspecified atom stereocenters. The summed E-state index contributed by atoms with van der Waals surface area (Å²) in [5, 5.41) is 4.62. The summed E-state index contributed by atoms with van der Waals surface area (Å²) in [4.78, 5) is 18.3. The molecule has 162 valence electrons. The second-order valence-corrected chi connectivity index (χ2v) is 8.58. The summed E-state index contributed by atoms with van der Waals surface area (Å²) in [5.41, 5.74) is 4.06. The molecule has 0 aliphatic carbocycles. The summed E-state index contributed by atoms with van der Waals surface area (Å²) < 4.78 is 7.43. The summed E-state index contributed by atoms with van der Waals surface area (Å²) >= 11 is 12.0. The topological polar surface area (TPSA) is 59.4 Å². The number of nitrogens with one attached hydrogen (secondary N) is 1. The number of nitrogens with zero attached hydrogens (tertiary/aromatic N) is 3. The molecule has 1 N–H and O–H groups in total. The molecule has 6 nitrogen and oxygen atoms in total. The van der Waals surface area contributed by atoms with Crippen LogP contribution in [0.1, 0.15) is 18.4 Å². The van der Waals surface area contributed by atoms with Gasteiger partial charge in [-0.3, -0.25) is 0 Å². The van der Waals surface area contributed by atoms with Gasteiger partial charge in [-0.05, 0) is 54.3 Å². The molecule has 1 aliphatic rings. The van der Waals surface area contributed by atoms with Gasteiger partial charge in [0.2, 0.25) is 0 Å². The smallest absolute Gasteiger partial charge is 0.410 e. The maximum absolute atomic E-state index is 12.4. The van der Waals surface area contributed by atoms with Gasteiger partial charge in [0.1, 0.15) is 6.61 Å². The quantitative estimate of drug-likeness (QED) is 0.539. The van der Waals surface area contributed by atoms with E-state index in [1.807, 2.05) is 17.8 Å². The zero-order valence-corrected chi connectivity index (χ0v) is 18.7. The number of aromatic nitrogens is 2. The molecule has 2 aromatic carbocycles. The van der Waals surface area contributed by atoms with Crippen LogP contribution in [0.5, 0.6) is 0 Å². The van der Waals surface area contributed by atoms with Crippen molar-refractivity contribution in [1.29, 1.82) is 0 Å². The van der Waals surface area contributed by atoms with Crippen LogP contribution in [0.2, 0.25) is 10.0 Å². The molecule has 0 bridgehead atoms. The molecule has 1 fully saturated rings. The Morgan fingerprint density at radius 2 is 1.81 bits per heavy atom. The van der Waals surface area contributed by atoms with E-state index in [2.05, 4.69) is 34.6 Å². The van der Waals surface area contributed by atoms with Crippen LogP contribution in [0.3, 0.4) is 0 Å². The number of aryl methyl sites for hydroxylation is 1. The average molecular weight is 459 g/mol. The van der Waals surface area contributed by atoms with E-state index in [-0.39, 0.29) is 12.7 Å². The number of carbonyl (C=O) groups is 1. The first-order valence-electron chi connectivity index (χ1n) is 10.2. The molecule has 1 saturated heterocycles. The Hall–Kier alpha value is -2.70. The molecular formula is C23H24Cl2N4O2. The van der Waals surface area contributed by atoms with Crippen LogP contribution < -0.4 is 5.32 Å². The van der Waals surface area contributed by atoms with Crippen molar-refractivity contribution < 1.29 is 9.53 Å². The molecule has 0 saturated carbocycles. The van der Waals surface area contributed by atoms with Gasteiger partial charge in [-0.25, -0.2) is 9.78 Å². The minimum Gasteiger partial charge on any atom is -0.445 e. The van der Waals surface area contributed by atoms with Crippen LogP contribution in [0.25, 0.3) is 11.3 Å². The number of ether oxygens (including phenoxy) is 1. The highest BCUT2D eigenvalue weighted by molar-refractivity contribution is 6.34. The van der Waals surface area contributed by atoms with E-state index < -0.39 is 0 Å². The lowest BCUT2D eigenvalue weighted by molar-refractivity contribution is 0.0882. The number of hydrogen-bond acceptors (Lipinski definition) is 4. The molecule has 2 heterocycles. The van der Waals surface area contributed by atoms with Crippen LogP contribution in [0.4, 0.5) is 10.5 Å². The zero-order chi connectivity index (χ0) is 21.8. The molecule has 1 aromatic heterocycles. The maximum atomic E-state index is 12.4. The minimum absolute atomic E-state index is 0.153. The standard InChI is InChI=1S/C23H24Cl2N4O2/c1-28-15-26-13-22(28)17-2-4-20(5-3-17)27-21-6-8-29(9-7-21)23(30)31-14-16-10-18(24)12-19(25)11-16/h2-5,10-13,15,21,27H,6-9,14H2,1H3. The molecule has 1 amide bonds. The molecular weight excluding hydrogens is 435 g/mol. The minimum atomic E-state index is -0.310. The fourth-order valence-corrected chi connectivity index (χ4v) is 4.32. The van der Waals surface area contributed by atoms with Crippen LogP contribution >= 0.6 is 23.2 Å². The third kappa shape index (κ3) is 5.51. The molecule has 1 aliphatic heterocycles. The lowest BCUT2D eigenvalue weighted by Crippen LogP contribution is -2.42.